The molecule has 5 rings (SSSR count). The Morgan fingerprint density at radius 3 is 2.57 bits per heavy atom. The van der Waals surface area contributed by atoms with Crippen LogP contribution in [0.1, 0.15) is 24.3 Å². The lowest BCUT2D eigenvalue weighted by atomic mass is 9.96. The van der Waals surface area contributed by atoms with Crippen LogP contribution in [0.25, 0.3) is 17.4 Å². The van der Waals surface area contributed by atoms with Crippen molar-refractivity contribution in [1.29, 1.82) is 0 Å². The van der Waals surface area contributed by atoms with Gasteiger partial charge in [0.25, 0.3) is 5.56 Å². The quantitative estimate of drug-likeness (QED) is 0.325. The number of halogens is 2. The molecule has 0 spiro atoms. The number of allylic oxidation sites excluding steroid dienone is 1. The lowest BCUT2D eigenvalue weighted by molar-refractivity contribution is -0.136. The largest absolute Gasteiger partial charge is 0.497 e. The van der Waals surface area contributed by atoms with Crippen LogP contribution in [0.4, 0.5) is 0 Å². The molecule has 7 nitrogen and oxygen atoms in total. The van der Waals surface area contributed by atoms with E-state index in [0.717, 1.165) is 5.56 Å². The Hall–Kier alpha value is -3.59. The van der Waals surface area contributed by atoms with Gasteiger partial charge in [-0.1, -0.05) is 52.7 Å². The molecule has 0 aliphatic carbocycles. The molecule has 4 aromatic rings. The number of hydrogen-bond donors (Lipinski definition) is 0. The van der Waals surface area contributed by atoms with E-state index in [1.54, 1.807) is 62.6 Å². The van der Waals surface area contributed by atoms with E-state index in [2.05, 4.69) is 4.99 Å². The monoisotopic (exact) mass is 554 g/mol. The average Bonchev–Trinajstić information content (AvgIpc) is 3.48. The van der Waals surface area contributed by atoms with Crippen molar-refractivity contribution >= 4 is 46.6 Å². The highest BCUT2D eigenvalue weighted by Crippen LogP contribution is 2.35. The Labute approximate surface area is 225 Å². The molecule has 0 amide bonds. The maximum absolute atomic E-state index is 13.7. The molecule has 37 heavy (non-hydrogen) atoms. The molecule has 0 bridgehead atoms. The number of rotatable bonds is 5. The van der Waals surface area contributed by atoms with Crippen LogP contribution in [0, 0.1) is 0 Å². The number of esters is 1. The van der Waals surface area contributed by atoms with Gasteiger partial charge in [-0.2, -0.15) is 0 Å². The van der Waals surface area contributed by atoms with Gasteiger partial charge in [0, 0.05) is 11.6 Å². The van der Waals surface area contributed by atoms with E-state index in [0.29, 0.717) is 53.5 Å². The van der Waals surface area contributed by atoms with Gasteiger partial charge < -0.3 is 13.9 Å². The number of methoxy groups -OCH3 is 2. The number of carbonyl (C=O) groups excluding carboxylic acids is 1. The fourth-order valence-electron chi connectivity index (χ4n) is 4.19. The van der Waals surface area contributed by atoms with Crippen molar-refractivity contribution in [3.8, 4) is 17.1 Å². The molecule has 0 radical (unpaired) electrons. The molecule has 0 fully saturated rings. The fourth-order valence-corrected chi connectivity index (χ4v) is 5.61. The molecule has 0 saturated heterocycles. The second-order valence-corrected chi connectivity index (χ2v) is 9.94. The minimum Gasteiger partial charge on any atom is -0.497 e. The number of ether oxygens (including phenoxy) is 2. The van der Waals surface area contributed by atoms with E-state index in [-0.39, 0.29) is 5.56 Å². The minimum atomic E-state index is -0.714. The minimum absolute atomic E-state index is 0.294. The third kappa shape index (κ3) is 4.52. The standard InChI is InChI=1S/C27H20Cl2N2O5S/c1-14-22(26(33)35-3)24(15-7-9-16(34-2)10-8-15)31-25(32)21(37-27(31)30-14)13-17-11-12-20(36-17)18-5-4-6-19(28)23(18)29/h4-13,24H,1-3H3/b21-13+/t24-/m1/s1. The molecule has 3 heterocycles. The summed E-state index contributed by atoms with van der Waals surface area (Å²) in [5, 5.41) is 0.801. The summed E-state index contributed by atoms with van der Waals surface area (Å²) < 4.78 is 18.2. The Bertz CT molecular complexity index is 1730. The summed E-state index contributed by atoms with van der Waals surface area (Å²) in [6.07, 6.45) is 1.65. The van der Waals surface area contributed by atoms with Gasteiger partial charge in [-0.25, -0.2) is 9.79 Å². The number of nitrogens with zero attached hydrogens (tertiary/aromatic N) is 2. The van der Waals surface area contributed by atoms with Crippen LogP contribution >= 0.6 is 34.5 Å². The lowest BCUT2D eigenvalue weighted by Gasteiger charge is -2.24. The second kappa shape index (κ2) is 10.0. The molecular weight excluding hydrogens is 535 g/mol. The number of hydrogen-bond acceptors (Lipinski definition) is 7. The van der Waals surface area contributed by atoms with E-state index in [4.69, 9.17) is 37.1 Å². The van der Waals surface area contributed by atoms with Crippen LogP contribution in [0.5, 0.6) is 5.75 Å². The van der Waals surface area contributed by atoms with Gasteiger partial charge in [0.15, 0.2) is 4.80 Å². The van der Waals surface area contributed by atoms with E-state index >= 15 is 0 Å². The molecule has 1 aliphatic heterocycles. The summed E-state index contributed by atoms with van der Waals surface area (Å²) in [6, 6.07) is 15.3. The topological polar surface area (TPSA) is 83.0 Å². The Morgan fingerprint density at radius 2 is 1.86 bits per heavy atom. The van der Waals surface area contributed by atoms with E-state index in [9.17, 15) is 9.59 Å². The molecule has 0 N–H and O–H groups in total. The number of aromatic nitrogens is 1. The SMILES string of the molecule is COC(=O)C1=C(C)N=c2s/c(=C/c3ccc(-c4cccc(Cl)c4Cl)o3)c(=O)n2[C@@H]1c1ccc(OC)cc1. The maximum atomic E-state index is 13.7. The molecule has 0 unspecified atom stereocenters. The first-order valence-corrected chi connectivity index (χ1v) is 12.7. The van der Waals surface area contributed by atoms with Crippen LogP contribution in [-0.2, 0) is 9.53 Å². The first kappa shape index (κ1) is 25.1. The summed E-state index contributed by atoms with van der Waals surface area (Å²) in [5.41, 5.74) is 1.84. The van der Waals surface area contributed by atoms with Crippen LogP contribution < -0.4 is 19.6 Å². The zero-order valence-corrected chi connectivity index (χ0v) is 22.3. The lowest BCUT2D eigenvalue weighted by Crippen LogP contribution is -2.39. The highest BCUT2D eigenvalue weighted by atomic mass is 35.5. The van der Waals surface area contributed by atoms with Crippen LogP contribution in [0.2, 0.25) is 10.0 Å². The van der Waals surface area contributed by atoms with Crippen molar-refractivity contribution < 1.29 is 18.7 Å². The summed E-state index contributed by atoms with van der Waals surface area (Å²) in [7, 11) is 2.88. The fraction of sp³-hybridized carbons (Fsp3) is 0.148. The molecule has 0 saturated carbocycles. The van der Waals surface area contributed by atoms with Crippen molar-refractivity contribution in [2.24, 2.45) is 4.99 Å². The number of benzene rings is 2. The van der Waals surface area contributed by atoms with Gasteiger partial charge in [0.1, 0.15) is 17.3 Å². The van der Waals surface area contributed by atoms with E-state index < -0.39 is 12.0 Å². The van der Waals surface area contributed by atoms with Gasteiger partial charge in [0.2, 0.25) is 0 Å². The number of furan rings is 1. The summed E-state index contributed by atoms with van der Waals surface area (Å²) in [5.74, 6) is 1.09. The van der Waals surface area contributed by atoms with Gasteiger partial charge >= 0.3 is 5.97 Å². The third-order valence-corrected chi connectivity index (χ3v) is 7.78. The summed E-state index contributed by atoms with van der Waals surface area (Å²) in [4.78, 5) is 31.5. The Kier molecular flexibility index (Phi) is 6.81. The highest BCUT2D eigenvalue weighted by Gasteiger charge is 2.33. The molecule has 2 aromatic heterocycles. The van der Waals surface area contributed by atoms with Gasteiger partial charge in [-0.3, -0.25) is 9.36 Å². The van der Waals surface area contributed by atoms with Crippen LogP contribution in [0.15, 0.2) is 80.1 Å². The van der Waals surface area contributed by atoms with Crippen molar-refractivity contribution in [3.63, 3.8) is 0 Å². The smallest absolute Gasteiger partial charge is 0.338 e. The van der Waals surface area contributed by atoms with Gasteiger partial charge in [-0.05, 0) is 48.9 Å². The van der Waals surface area contributed by atoms with Crippen molar-refractivity contribution in [3.05, 3.63) is 107 Å². The number of thiazole rings is 1. The molecule has 188 valence electrons. The molecule has 2 aromatic carbocycles. The highest BCUT2D eigenvalue weighted by molar-refractivity contribution is 7.07. The third-order valence-electron chi connectivity index (χ3n) is 5.98. The Balaban J connectivity index is 1.64. The van der Waals surface area contributed by atoms with Crippen molar-refractivity contribution in [2.75, 3.05) is 14.2 Å². The molecule has 10 heteroatoms. The predicted octanol–water partition coefficient (Wildman–Crippen LogP) is 4.98. The van der Waals surface area contributed by atoms with Crippen molar-refractivity contribution in [2.45, 2.75) is 13.0 Å². The normalized spacial score (nSPS) is 15.4. The molecular formula is C27H20Cl2N2O5S. The second-order valence-electron chi connectivity index (χ2n) is 8.15. The van der Waals surface area contributed by atoms with E-state index in [1.165, 1.54) is 23.0 Å². The maximum Gasteiger partial charge on any atom is 0.338 e. The molecule has 1 atom stereocenters. The molecule has 1 aliphatic rings. The zero-order chi connectivity index (χ0) is 26.3. The summed E-state index contributed by atoms with van der Waals surface area (Å²) in [6.45, 7) is 1.73. The van der Waals surface area contributed by atoms with Gasteiger partial charge in [0.05, 0.1) is 46.1 Å². The predicted molar refractivity (Wildman–Crippen MR) is 143 cm³/mol. The van der Waals surface area contributed by atoms with Crippen LogP contribution in [0.3, 0.4) is 0 Å². The Morgan fingerprint density at radius 1 is 1.11 bits per heavy atom. The van der Waals surface area contributed by atoms with Crippen molar-refractivity contribution in [1.82, 2.24) is 4.57 Å². The van der Waals surface area contributed by atoms with Crippen LogP contribution in [-0.4, -0.2) is 24.8 Å². The number of fused-ring (bicyclic) bond motifs is 1. The summed E-state index contributed by atoms with van der Waals surface area (Å²) >= 11 is 13.7. The zero-order valence-electron chi connectivity index (χ0n) is 20.0. The first-order chi connectivity index (χ1) is 17.8. The average molecular weight is 555 g/mol. The number of carbonyl (C=O) groups is 1. The van der Waals surface area contributed by atoms with Gasteiger partial charge in [-0.15, -0.1) is 0 Å². The van der Waals surface area contributed by atoms with E-state index in [1.807, 2.05) is 12.1 Å². The first-order valence-electron chi connectivity index (χ1n) is 11.1.